The van der Waals surface area contributed by atoms with Gasteiger partial charge in [-0.05, 0) is 67.2 Å². The lowest BCUT2D eigenvalue weighted by Gasteiger charge is -2.36. The molecule has 0 radical (unpaired) electrons. The van der Waals surface area contributed by atoms with E-state index in [0.717, 1.165) is 19.3 Å². The van der Waals surface area contributed by atoms with Crippen molar-refractivity contribution in [1.82, 2.24) is 0 Å². The van der Waals surface area contributed by atoms with Crippen LogP contribution < -0.4 is 0 Å². The van der Waals surface area contributed by atoms with Crippen molar-refractivity contribution in [2.75, 3.05) is 0 Å². The normalized spacial score (nSPS) is 26.9. The third kappa shape index (κ3) is 2.75. The second kappa shape index (κ2) is 4.77. The number of hydrogen-bond donors (Lipinski definition) is 1. The van der Waals surface area contributed by atoms with Crippen LogP contribution in [0.5, 0.6) is 5.75 Å². The first kappa shape index (κ1) is 12.9. The summed E-state index contributed by atoms with van der Waals surface area (Å²) in [7, 11) is 0. The summed E-state index contributed by atoms with van der Waals surface area (Å²) >= 11 is 0. The van der Waals surface area contributed by atoms with Gasteiger partial charge in [0.05, 0.1) is 0 Å². The van der Waals surface area contributed by atoms with Crippen molar-refractivity contribution in [3.05, 3.63) is 29.3 Å². The largest absolute Gasteiger partial charge is 0.508 e. The minimum absolute atomic E-state index is 0.0661. The number of halogens is 2. The predicted octanol–water partition coefficient (Wildman–Crippen LogP) is 4.32. The van der Waals surface area contributed by atoms with Gasteiger partial charge in [-0.3, -0.25) is 0 Å². The first-order valence-corrected chi connectivity index (χ1v) is 7.22. The molecule has 0 spiro atoms. The molecule has 0 saturated heterocycles. The Morgan fingerprint density at radius 1 is 1.00 bits per heavy atom. The summed E-state index contributed by atoms with van der Waals surface area (Å²) in [4.78, 5) is 0. The lowest BCUT2D eigenvalue weighted by atomic mass is 9.71. The van der Waals surface area contributed by atoms with Crippen LogP contribution in [-0.2, 0) is 12.8 Å². The lowest BCUT2D eigenvalue weighted by Crippen LogP contribution is -2.31. The third-order valence-corrected chi connectivity index (χ3v) is 4.88. The van der Waals surface area contributed by atoms with Crippen LogP contribution in [-0.4, -0.2) is 11.0 Å². The van der Waals surface area contributed by atoms with Gasteiger partial charge in [0.25, 0.3) is 0 Å². The van der Waals surface area contributed by atoms with Crippen LogP contribution in [0.4, 0.5) is 8.78 Å². The van der Waals surface area contributed by atoms with Gasteiger partial charge >= 0.3 is 0 Å². The summed E-state index contributed by atoms with van der Waals surface area (Å²) in [6, 6.07) is 5.57. The highest BCUT2D eigenvalue weighted by molar-refractivity contribution is 5.36. The van der Waals surface area contributed by atoms with Crippen LogP contribution in [0, 0.1) is 11.8 Å². The maximum atomic E-state index is 13.2. The number of aryl methyl sites for hydroxylation is 1. The fraction of sp³-hybridized carbons (Fsp3) is 0.625. The Bertz CT molecular complexity index is 460. The molecule has 3 heteroatoms. The van der Waals surface area contributed by atoms with E-state index in [9.17, 15) is 13.9 Å². The Morgan fingerprint density at radius 2 is 1.74 bits per heavy atom. The molecule has 1 aromatic rings. The fourth-order valence-electron chi connectivity index (χ4n) is 3.71. The van der Waals surface area contributed by atoms with Crippen LogP contribution >= 0.6 is 0 Å². The van der Waals surface area contributed by atoms with E-state index >= 15 is 0 Å². The second-order valence-corrected chi connectivity index (χ2v) is 6.15. The fourth-order valence-corrected chi connectivity index (χ4v) is 3.71. The molecular formula is C16H20F2O. The van der Waals surface area contributed by atoms with Gasteiger partial charge in [-0.15, -0.1) is 0 Å². The Morgan fingerprint density at radius 3 is 2.47 bits per heavy atom. The Balaban J connectivity index is 1.67. The van der Waals surface area contributed by atoms with Crippen molar-refractivity contribution < 1.29 is 13.9 Å². The van der Waals surface area contributed by atoms with Crippen molar-refractivity contribution in [2.24, 2.45) is 11.8 Å². The van der Waals surface area contributed by atoms with Crippen LogP contribution in [0.2, 0.25) is 0 Å². The second-order valence-electron chi connectivity index (χ2n) is 6.15. The number of alkyl halides is 2. The topological polar surface area (TPSA) is 20.2 Å². The molecule has 0 amide bonds. The van der Waals surface area contributed by atoms with Crippen molar-refractivity contribution in [1.29, 1.82) is 0 Å². The van der Waals surface area contributed by atoms with Gasteiger partial charge < -0.3 is 5.11 Å². The highest BCUT2D eigenvalue weighted by atomic mass is 19.3. The molecule has 104 valence electrons. The number of benzene rings is 1. The number of aromatic hydroxyl groups is 1. The van der Waals surface area contributed by atoms with Crippen molar-refractivity contribution in [3.8, 4) is 5.75 Å². The highest BCUT2D eigenvalue weighted by Gasteiger charge is 2.38. The van der Waals surface area contributed by atoms with Gasteiger partial charge in [-0.2, -0.15) is 0 Å². The zero-order valence-electron chi connectivity index (χ0n) is 11.0. The summed E-state index contributed by atoms with van der Waals surface area (Å²) in [5.74, 6) is -1.08. The standard InChI is InChI=1S/C16H20F2O/c17-16(18)7-5-11(6-8-16)12-1-2-14-10-15(19)4-3-13(14)9-12/h3-4,10-12,19H,1-2,5-9H2/t12-/m1/s1. The van der Waals surface area contributed by atoms with E-state index in [1.54, 1.807) is 6.07 Å². The first-order chi connectivity index (χ1) is 9.03. The quantitative estimate of drug-likeness (QED) is 0.802. The maximum absolute atomic E-state index is 13.2. The molecule has 1 saturated carbocycles. The summed E-state index contributed by atoms with van der Waals surface area (Å²) in [6.07, 6.45) is 4.52. The smallest absolute Gasteiger partial charge is 0.248 e. The predicted molar refractivity (Wildman–Crippen MR) is 70.5 cm³/mol. The van der Waals surface area contributed by atoms with Gasteiger partial charge in [-0.1, -0.05) is 6.07 Å². The van der Waals surface area contributed by atoms with Crippen LogP contribution in [0.25, 0.3) is 0 Å². The molecule has 1 N–H and O–H groups in total. The lowest BCUT2D eigenvalue weighted by molar-refractivity contribution is -0.0529. The number of phenols is 1. The summed E-state index contributed by atoms with van der Waals surface area (Å²) < 4.78 is 26.4. The number of fused-ring (bicyclic) bond motifs is 1. The van der Waals surface area contributed by atoms with E-state index in [4.69, 9.17) is 0 Å². The molecule has 1 aromatic carbocycles. The molecule has 0 aromatic heterocycles. The molecule has 0 heterocycles. The van der Waals surface area contributed by atoms with Crippen molar-refractivity contribution in [3.63, 3.8) is 0 Å². The molecule has 1 nitrogen and oxygen atoms in total. The SMILES string of the molecule is Oc1ccc2c(c1)CC[C@@H](C1CCC(F)(F)CC1)C2. The van der Waals surface area contributed by atoms with E-state index in [1.165, 1.54) is 11.1 Å². The van der Waals surface area contributed by atoms with E-state index in [2.05, 4.69) is 0 Å². The zero-order valence-corrected chi connectivity index (χ0v) is 11.0. The zero-order chi connectivity index (χ0) is 13.5. The highest BCUT2D eigenvalue weighted by Crippen LogP contribution is 2.43. The Hall–Kier alpha value is -1.12. The Labute approximate surface area is 112 Å². The molecule has 19 heavy (non-hydrogen) atoms. The van der Waals surface area contributed by atoms with E-state index < -0.39 is 5.92 Å². The Kier molecular flexibility index (Phi) is 3.23. The minimum Gasteiger partial charge on any atom is -0.508 e. The van der Waals surface area contributed by atoms with Gasteiger partial charge in [0, 0.05) is 12.8 Å². The van der Waals surface area contributed by atoms with Crippen LogP contribution in [0.1, 0.15) is 43.2 Å². The summed E-state index contributed by atoms with van der Waals surface area (Å²) in [5, 5.41) is 9.48. The molecule has 0 unspecified atom stereocenters. The minimum atomic E-state index is -2.42. The first-order valence-electron chi connectivity index (χ1n) is 7.22. The molecule has 0 bridgehead atoms. The molecule has 1 fully saturated rings. The molecule has 0 aliphatic heterocycles. The van der Waals surface area contributed by atoms with E-state index in [1.807, 2.05) is 12.1 Å². The average Bonchev–Trinajstić information content (AvgIpc) is 2.38. The van der Waals surface area contributed by atoms with Gasteiger partial charge in [0.15, 0.2) is 0 Å². The van der Waals surface area contributed by atoms with Crippen LogP contribution in [0.15, 0.2) is 18.2 Å². The number of hydrogen-bond acceptors (Lipinski definition) is 1. The third-order valence-electron chi connectivity index (χ3n) is 4.88. The molecule has 3 rings (SSSR count). The molecule has 2 aliphatic carbocycles. The molecule has 2 aliphatic rings. The molecular weight excluding hydrogens is 246 g/mol. The van der Waals surface area contributed by atoms with Crippen molar-refractivity contribution >= 4 is 0 Å². The monoisotopic (exact) mass is 266 g/mol. The maximum Gasteiger partial charge on any atom is 0.248 e. The summed E-state index contributed by atoms with van der Waals surface area (Å²) in [5.41, 5.74) is 2.53. The van der Waals surface area contributed by atoms with Gasteiger partial charge in [-0.25, -0.2) is 8.78 Å². The number of rotatable bonds is 1. The average molecular weight is 266 g/mol. The van der Waals surface area contributed by atoms with E-state index in [0.29, 0.717) is 30.4 Å². The van der Waals surface area contributed by atoms with Crippen LogP contribution in [0.3, 0.4) is 0 Å². The summed E-state index contributed by atoms with van der Waals surface area (Å²) in [6.45, 7) is 0. The van der Waals surface area contributed by atoms with E-state index in [-0.39, 0.29) is 12.8 Å². The number of phenolic OH excluding ortho intramolecular Hbond substituents is 1. The van der Waals surface area contributed by atoms with Gasteiger partial charge in [0.2, 0.25) is 5.92 Å². The van der Waals surface area contributed by atoms with Gasteiger partial charge in [0.1, 0.15) is 5.75 Å². The molecule has 1 atom stereocenters. The van der Waals surface area contributed by atoms with Crippen molar-refractivity contribution in [2.45, 2.75) is 50.9 Å².